The van der Waals surface area contributed by atoms with Crippen LogP contribution in [0, 0.1) is 0 Å². The van der Waals surface area contributed by atoms with Gasteiger partial charge >= 0.3 is 0 Å². The molecule has 0 saturated heterocycles. The highest BCUT2D eigenvalue weighted by Gasteiger charge is 1.98. The normalized spacial score (nSPS) is 18.8. The molecule has 0 N–H and O–H groups in total. The van der Waals surface area contributed by atoms with Gasteiger partial charge < -0.3 is 0 Å². The zero-order chi connectivity index (χ0) is 7.94. The average Bonchev–Trinajstić information content (AvgIpc) is 2.07. The van der Waals surface area contributed by atoms with Crippen LogP contribution >= 0.6 is 0 Å². The van der Waals surface area contributed by atoms with Crippen LogP contribution in [0.3, 0.4) is 0 Å². The van der Waals surface area contributed by atoms with Crippen molar-refractivity contribution in [2.45, 2.75) is 45.4 Å². The van der Waals surface area contributed by atoms with Gasteiger partial charge in [-0.05, 0) is 32.1 Å². The lowest BCUT2D eigenvalue weighted by Crippen LogP contribution is -1.87. The van der Waals surface area contributed by atoms with Gasteiger partial charge in [0.2, 0.25) is 0 Å². The second-order valence-electron chi connectivity index (χ2n) is 3.22. The van der Waals surface area contributed by atoms with Crippen molar-refractivity contribution in [3.8, 4) is 0 Å². The molecule has 0 nitrogen and oxygen atoms in total. The third-order valence-electron chi connectivity index (χ3n) is 2.11. The fraction of sp³-hybridized carbons (Fsp3) is 0.636. The fourth-order valence-corrected chi connectivity index (χ4v) is 1.42. The summed E-state index contributed by atoms with van der Waals surface area (Å²) in [6.07, 6.45) is 14.9. The van der Waals surface area contributed by atoms with Crippen molar-refractivity contribution >= 4 is 0 Å². The Bertz CT molecular complexity index is 151. The van der Waals surface area contributed by atoms with Gasteiger partial charge in [0.1, 0.15) is 0 Å². The maximum Gasteiger partial charge on any atom is -0.0282 e. The zero-order valence-electron chi connectivity index (χ0n) is 7.47. The van der Waals surface area contributed by atoms with Crippen molar-refractivity contribution in [3.63, 3.8) is 0 Å². The molecule has 11 heavy (non-hydrogen) atoms. The maximum absolute atomic E-state index is 2.38. The van der Waals surface area contributed by atoms with Crippen molar-refractivity contribution in [2.75, 3.05) is 0 Å². The highest BCUT2D eigenvalue weighted by atomic mass is 14.0. The van der Waals surface area contributed by atoms with Gasteiger partial charge in [-0.25, -0.2) is 0 Å². The van der Waals surface area contributed by atoms with Gasteiger partial charge in [0.25, 0.3) is 0 Å². The predicted octanol–water partition coefficient (Wildman–Crippen LogP) is 3.84. The molecule has 1 aliphatic carbocycles. The molecule has 62 valence electrons. The number of hydrogen-bond acceptors (Lipinski definition) is 0. The second-order valence-corrected chi connectivity index (χ2v) is 3.22. The Hall–Kier alpha value is -0.520. The summed E-state index contributed by atoms with van der Waals surface area (Å²) >= 11 is 0. The van der Waals surface area contributed by atoms with Crippen LogP contribution in [0.1, 0.15) is 45.4 Å². The molecule has 0 aromatic carbocycles. The van der Waals surface area contributed by atoms with E-state index < -0.39 is 0 Å². The third-order valence-corrected chi connectivity index (χ3v) is 2.11. The van der Waals surface area contributed by atoms with Crippen molar-refractivity contribution in [3.05, 3.63) is 23.8 Å². The van der Waals surface area contributed by atoms with Crippen LogP contribution in [-0.2, 0) is 0 Å². The van der Waals surface area contributed by atoms with Crippen LogP contribution in [0.15, 0.2) is 23.8 Å². The maximum atomic E-state index is 2.38. The second kappa shape index (κ2) is 5.17. The number of hydrogen-bond donors (Lipinski definition) is 0. The van der Waals surface area contributed by atoms with Gasteiger partial charge in [-0.3, -0.25) is 0 Å². The fourth-order valence-electron chi connectivity index (χ4n) is 1.42. The van der Waals surface area contributed by atoms with E-state index in [9.17, 15) is 0 Å². The van der Waals surface area contributed by atoms with Crippen molar-refractivity contribution in [1.29, 1.82) is 0 Å². The Morgan fingerprint density at radius 1 is 1.45 bits per heavy atom. The predicted molar refractivity (Wildman–Crippen MR) is 50.6 cm³/mol. The first-order chi connectivity index (χ1) is 5.43. The summed E-state index contributed by atoms with van der Waals surface area (Å²) < 4.78 is 0. The first-order valence-corrected chi connectivity index (χ1v) is 4.79. The number of allylic oxidation sites excluding steroid dienone is 4. The SMILES string of the molecule is CCCC=CC1=CCCCC1. The van der Waals surface area contributed by atoms with E-state index in [1.54, 1.807) is 5.57 Å². The van der Waals surface area contributed by atoms with Crippen LogP contribution < -0.4 is 0 Å². The highest BCUT2D eigenvalue weighted by Crippen LogP contribution is 2.18. The minimum atomic E-state index is 1.23. The molecular weight excluding hydrogens is 132 g/mol. The molecule has 0 heteroatoms. The lowest BCUT2D eigenvalue weighted by molar-refractivity contribution is 0.711. The zero-order valence-corrected chi connectivity index (χ0v) is 7.47. The summed E-state index contributed by atoms with van der Waals surface area (Å²) in [5.41, 5.74) is 1.56. The minimum absolute atomic E-state index is 1.23. The molecule has 0 radical (unpaired) electrons. The number of rotatable bonds is 3. The van der Waals surface area contributed by atoms with E-state index in [2.05, 4.69) is 25.2 Å². The molecule has 0 saturated carbocycles. The Labute approximate surface area is 70.0 Å². The molecule has 0 amide bonds. The van der Waals surface area contributed by atoms with Gasteiger partial charge in [-0.1, -0.05) is 37.1 Å². The van der Waals surface area contributed by atoms with E-state index in [1.807, 2.05) is 0 Å². The molecule has 0 atom stereocenters. The summed E-state index contributed by atoms with van der Waals surface area (Å²) in [6.45, 7) is 2.22. The molecule has 0 heterocycles. The highest BCUT2D eigenvalue weighted by molar-refractivity contribution is 5.19. The van der Waals surface area contributed by atoms with Gasteiger partial charge in [-0.15, -0.1) is 0 Å². The van der Waals surface area contributed by atoms with E-state index in [1.165, 1.54) is 38.5 Å². The van der Waals surface area contributed by atoms with Crippen LogP contribution in [-0.4, -0.2) is 0 Å². The summed E-state index contributed by atoms with van der Waals surface area (Å²) in [6, 6.07) is 0. The third kappa shape index (κ3) is 3.41. The molecule has 0 spiro atoms. The van der Waals surface area contributed by atoms with Gasteiger partial charge in [0.15, 0.2) is 0 Å². The lowest BCUT2D eigenvalue weighted by atomic mass is 9.99. The van der Waals surface area contributed by atoms with E-state index in [0.717, 1.165) is 0 Å². The Balaban J connectivity index is 2.29. The topological polar surface area (TPSA) is 0 Å². The van der Waals surface area contributed by atoms with Crippen molar-refractivity contribution < 1.29 is 0 Å². The van der Waals surface area contributed by atoms with Crippen molar-refractivity contribution in [1.82, 2.24) is 0 Å². The molecule has 0 aromatic rings. The summed E-state index contributed by atoms with van der Waals surface area (Å²) in [5.74, 6) is 0. The lowest BCUT2D eigenvalue weighted by Gasteiger charge is -2.07. The van der Waals surface area contributed by atoms with Crippen LogP contribution in [0.25, 0.3) is 0 Å². The first-order valence-electron chi connectivity index (χ1n) is 4.79. The molecular formula is C11H18. The average molecular weight is 150 g/mol. The molecule has 1 rings (SSSR count). The van der Waals surface area contributed by atoms with E-state index in [0.29, 0.717) is 0 Å². The molecule has 0 unspecified atom stereocenters. The van der Waals surface area contributed by atoms with Crippen LogP contribution in [0.4, 0.5) is 0 Å². The smallest absolute Gasteiger partial charge is 0.0282 e. The Morgan fingerprint density at radius 2 is 2.36 bits per heavy atom. The quantitative estimate of drug-likeness (QED) is 0.573. The van der Waals surface area contributed by atoms with Crippen LogP contribution in [0.5, 0.6) is 0 Å². The van der Waals surface area contributed by atoms with E-state index in [4.69, 9.17) is 0 Å². The molecule has 0 aliphatic heterocycles. The summed E-state index contributed by atoms with van der Waals surface area (Å²) in [7, 11) is 0. The van der Waals surface area contributed by atoms with Crippen LogP contribution in [0.2, 0.25) is 0 Å². The standard InChI is InChI=1S/C11H18/c1-2-3-5-8-11-9-6-4-7-10-11/h5,8-9H,2-4,6-7,10H2,1H3. The number of unbranched alkanes of at least 4 members (excludes halogenated alkanes) is 1. The first kappa shape index (κ1) is 8.58. The largest absolute Gasteiger partial charge is 0.0843 e. The Kier molecular flexibility index (Phi) is 4.03. The van der Waals surface area contributed by atoms with Crippen molar-refractivity contribution in [2.24, 2.45) is 0 Å². The molecule has 0 bridgehead atoms. The molecule has 0 aromatic heterocycles. The minimum Gasteiger partial charge on any atom is -0.0843 e. The van der Waals surface area contributed by atoms with Gasteiger partial charge in [0, 0.05) is 0 Å². The molecule has 0 fully saturated rings. The van der Waals surface area contributed by atoms with Gasteiger partial charge in [-0.2, -0.15) is 0 Å². The van der Waals surface area contributed by atoms with Gasteiger partial charge in [0.05, 0.1) is 0 Å². The Morgan fingerprint density at radius 3 is 3.00 bits per heavy atom. The van der Waals surface area contributed by atoms with E-state index >= 15 is 0 Å². The molecule has 1 aliphatic rings. The summed E-state index contributed by atoms with van der Waals surface area (Å²) in [4.78, 5) is 0. The summed E-state index contributed by atoms with van der Waals surface area (Å²) in [5, 5.41) is 0. The monoisotopic (exact) mass is 150 g/mol. The van der Waals surface area contributed by atoms with E-state index in [-0.39, 0.29) is 0 Å².